The van der Waals surface area contributed by atoms with Gasteiger partial charge in [-0.2, -0.15) is 4.98 Å². The summed E-state index contributed by atoms with van der Waals surface area (Å²) in [7, 11) is 0. The van der Waals surface area contributed by atoms with Gasteiger partial charge in [0.05, 0.1) is 6.54 Å². The maximum atomic E-state index is 13.3. The quantitative estimate of drug-likeness (QED) is 0.592. The van der Waals surface area contributed by atoms with Crippen molar-refractivity contribution in [3.63, 3.8) is 0 Å². The molecule has 0 aliphatic heterocycles. The molecule has 3 heterocycles. The van der Waals surface area contributed by atoms with E-state index < -0.39 is 11.2 Å². The van der Waals surface area contributed by atoms with Gasteiger partial charge in [0.2, 0.25) is 5.89 Å². The average molecular weight is 418 g/mol. The van der Waals surface area contributed by atoms with Crippen molar-refractivity contribution < 1.29 is 9.63 Å². The zero-order valence-electron chi connectivity index (χ0n) is 18.3. The normalized spacial score (nSPS) is 12.2. The Morgan fingerprint density at radius 3 is 2.30 bits per heavy atom. The standard InChI is InChI=1S/C20H30N6O4/c1-6-8-10-25-16-15(24(9-7-2)14(12-27)22-16)17(28)26(19(25)29)11-13-21-18(30-23-13)20(3,4)5/h27H,6-12H2,1-5H3. The lowest BCUT2D eigenvalue weighted by molar-refractivity contribution is 0.265. The monoisotopic (exact) mass is 418 g/mol. The molecular weight excluding hydrogens is 388 g/mol. The zero-order chi connectivity index (χ0) is 22.1. The smallest absolute Gasteiger partial charge is 0.333 e. The topological polar surface area (TPSA) is 121 Å². The molecule has 0 saturated heterocycles. The number of hydrogen-bond donors (Lipinski definition) is 1. The number of hydrogen-bond acceptors (Lipinski definition) is 7. The lowest BCUT2D eigenvalue weighted by atomic mass is 9.97. The largest absolute Gasteiger partial charge is 0.388 e. The van der Waals surface area contributed by atoms with Gasteiger partial charge in [-0.05, 0) is 12.8 Å². The fourth-order valence-electron chi connectivity index (χ4n) is 3.34. The highest BCUT2D eigenvalue weighted by atomic mass is 16.5. The average Bonchev–Trinajstić information content (AvgIpc) is 3.30. The minimum atomic E-state index is -0.467. The maximum Gasteiger partial charge on any atom is 0.333 e. The van der Waals surface area contributed by atoms with Crippen molar-refractivity contribution in [3.05, 3.63) is 38.4 Å². The van der Waals surface area contributed by atoms with E-state index in [1.165, 1.54) is 4.57 Å². The second-order valence-electron chi connectivity index (χ2n) is 8.45. The molecule has 0 unspecified atom stereocenters. The van der Waals surface area contributed by atoms with Gasteiger partial charge in [0, 0.05) is 18.5 Å². The summed E-state index contributed by atoms with van der Waals surface area (Å²) in [6.45, 7) is 10.4. The molecule has 30 heavy (non-hydrogen) atoms. The Morgan fingerprint density at radius 2 is 1.73 bits per heavy atom. The molecule has 0 radical (unpaired) electrons. The van der Waals surface area contributed by atoms with Gasteiger partial charge in [-0.15, -0.1) is 0 Å². The third-order valence-electron chi connectivity index (χ3n) is 4.93. The van der Waals surface area contributed by atoms with Crippen LogP contribution in [-0.2, 0) is 31.7 Å². The molecule has 10 heteroatoms. The van der Waals surface area contributed by atoms with E-state index >= 15 is 0 Å². The molecule has 0 atom stereocenters. The van der Waals surface area contributed by atoms with E-state index in [0.717, 1.165) is 23.8 Å². The van der Waals surface area contributed by atoms with Gasteiger partial charge in [-0.25, -0.2) is 9.78 Å². The number of aromatic nitrogens is 6. The summed E-state index contributed by atoms with van der Waals surface area (Å²) in [6, 6.07) is 0. The number of aliphatic hydroxyl groups excluding tert-OH is 1. The molecular formula is C20H30N6O4. The Bertz CT molecular complexity index is 1150. The van der Waals surface area contributed by atoms with Gasteiger partial charge >= 0.3 is 5.69 Å². The summed E-state index contributed by atoms with van der Waals surface area (Å²) in [4.78, 5) is 35.3. The predicted molar refractivity (Wildman–Crippen MR) is 111 cm³/mol. The van der Waals surface area contributed by atoms with Gasteiger partial charge in [0.15, 0.2) is 17.0 Å². The first-order chi connectivity index (χ1) is 14.2. The third kappa shape index (κ3) is 3.96. The summed E-state index contributed by atoms with van der Waals surface area (Å²) in [5.74, 6) is 1.09. The van der Waals surface area contributed by atoms with E-state index in [1.807, 2.05) is 34.6 Å². The molecule has 0 aliphatic rings. The second kappa shape index (κ2) is 8.55. The van der Waals surface area contributed by atoms with Crippen LogP contribution in [0.15, 0.2) is 14.1 Å². The molecule has 10 nitrogen and oxygen atoms in total. The Balaban J connectivity index is 2.23. The molecule has 0 amide bonds. The molecule has 0 saturated carbocycles. The molecule has 0 fully saturated rings. The van der Waals surface area contributed by atoms with E-state index in [-0.39, 0.29) is 24.4 Å². The minimum Gasteiger partial charge on any atom is -0.388 e. The molecule has 0 spiro atoms. The van der Waals surface area contributed by atoms with Crippen LogP contribution in [0.5, 0.6) is 0 Å². The first kappa shape index (κ1) is 21.9. The number of nitrogens with zero attached hydrogens (tertiary/aromatic N) is 6. The zero-order valence-corrected chi connectivity index (χ0v) is 18.3. The van der Waals surface area contributed by atoms with Crippen LogP contribution in [0.25, 0.3) is 11.2 Å². The highest BCUT2D eigenvalue weighted by Crippen LogP contribution is 2.20. The Kier molecular flexibility index (Phi) is 6.25. The lowest BCUT2D eigenvalue weighted by Gasteiger charge is -2.12. The fraction of sp³-hybridized carbons (Fsp3) is 0.650. The number of aryl methyl sites for hydroxylation is 2. The van der Waals surface area contributed by atoms with Gasteiger partial charge < -0.3 is 14.2 Å². The van der Waals surface area contributed by atoms with Crippen LogP contribution in [0.4, 0.5) is 0 Å². The van der Waals surface area contributed by atoms with Crippen LogP contribution >= 0.6 is 0 Å². The predicted octanol–water partition coefficient (Wildman–Crippen LogP) is 1.79. The summed E-state index contributed by atoms with van der Waals surface area (Å²) < 4.78 is 9.65. The summed E-state index contributed by atoms with van der Waals surface area (Å²) in [5, 5.41) is 13.7. The number of aliphatic hydroxyl groups is 1. The summed E-state index contributed by atoms with van der Waals surface area (Å²) in [6.07, 6.45) is 2.40. The Hall–Kier alpha value is -2.75. The van der Waals surface area contributed by atoms with Crippen LogP contribution in [0.2, 0.25) is 0 Å². The maximum absolute atomic E-state index is 13.3. The highest BCUT2D eigenvalue weighted by Gasteiger charge is 2.24. The van der Waals surface area contributed by atoms with E-state index in [0.29, 0.717) is 36.0 Å². The Labute approximate surface area is 174 Å². The van der Waals surface area contributed by atoms with E-state index in [2.05, 4.69) is 15.1 Å². The van der Waals surface area contributed by atoms with Crippen molar-refractivity contribution in [1.29, 1.82) is 0 Å². The molecule has 1 N–H and O–H groups in total. The SMILES string of the molecule is CCCCn1c(=O)n(Cc2noc(C(C)(C)C)n2)c(=O)c2c1nc(CO)n2CCC. The molecule has 3 aromatic heterocycles. The minimum absolute atomic E-state index is 0.0922. The summed E-state index contributed by atoms with van der Waals surface area (Å²) >= 11 is 0. The van der Waals surface area contributed by atoms with Crippen molar-refractivity contribution in [2.75, 3.05) is 0 Å². The first-order valence-corrected chi connectivity index (χ1v) is 10.4. The number of imidazole rings is 1. The Morgan fingerprint density at radius 1 is 1.00 bits per heavy atom. The van der Waals surface area contributed by atoms with E-state index in [1.54, 1.807) is 4.57 Å². The van der Waals surface area contributed by atoms with Crippen molar-refractivity contribution >= 4 is 11.2 Å². The lowest BCUT2D eigenvalue weighted by Crippen LogP contribution is -2.41. The summed E-state index contributed by atoms with van der Waals surface area (Å²) in [5.41, 5.74) is -0.636. The van der Waals surface area contributed by atoms with Gasteiger partial charge in [-0.3, -0.25) is 13.9 Å². The van der Waals surface area contributed by atoms with Gasteiger partial charge in [0.25, 0.3) is 5.56 Å². The van der Waals surface area contributed by atoms with Gasteiger partial charge in [-0.1, -0.05) is 46.2 Å². The molecule has 3 rings (SSSR count). The van der Waals surface area contributed by atoms with Crippen LogP contribution in [0.1, 0.15) is 71.4 Å². The third-order valence-corrected chi connectivity index (χ3v) is 4.93. The molecule has 0 bridgehead atoms. The highest BCUT2D eigenvalue weighted by molar-refractivity contribution is 5.71. The van der Waals surface area contributed by atoms with Crippen molar-refractivity contribution in [2.45, 2.75) is 85.5 Å². The number of rotatable bonds is 8. The second-order valence-corrected chi connectivity index (χ2v) is 8.45. The van der Waals surface area contributed by atoms with E-state index in [9.17, 15) is 14.7 Å². The van der Waals surface area contributed by atoms with Crippen LogP contribution in [-0.4, -0.2) is 33.9 Å². The van der Waals surface area contributed by atoms with Crippen LogP contribution in [0.3, 0.4) is 0 Å². The van der Waals surface area contributed by atoms with E-state index in [4.69, 9.17) is 4.52 Å². The first-order valence-electron chi connectivity index (χ1n) is 10.4. The van der Waals surface area contributed by atoms with Crippen molar-refractivity contribution in [1.82, 2.24) is 28.8 Å². The van der Waals surface area contributed by atoms with Crippen LogP contribution in [0, 0.1) is 0 Å². The fourth-order valence-corrected chi connectivity index (χ4v) is 3.34. The van der Waals surface area contributed by atoms with Crippen LogP contribution < -0.4 is 11.2 Å². The molecule has 3 aromatic rings. The number of unbranched alkanes of at least 4 members (excludes halogenated alkanes) is 1. The van der Waals surface area contributed by atoms with Gasteiger partial charge in [0.1, 0.15) is 12.4 Å². The van der Waals surface area contributed by atoms with Crippen molar-refractivity contribution in [3.8, 4) is 0 Å². The number of fused-ring (bicyclic) bond motifs is 1. The van der Waals surface area contributed by atoms with Crippen molar-refractivity contribution in [2.24, 2.45) is 0 Å². The molecule has 0 aromatic carbocycles. The molecule has 0 aliphatic carbocycles. The molecule has 164 valence electrons.